The van der Waals surface area contributed by atoms with Crippen LogP contribution >= 0.6 is 7.37 Å². The Morgan fingerprint density at radius 2 is 1.55 bits per heavy atom. The molecule has 0 bridgehead atoms. The Morgan fingerprint density at radius 3 is 2.10 bits per heavy atom. The monoisotopic (exact) mass is 444 g/mol. The second-order valence-corrected chi connectivity index (χ2v) is 11.0. The minimum Gasteiger partial charge on any atom is -0.344 e. The van der Waals surface area contributed by atoms with Crippen molar-refractivity contribution >= 4 is 24.9 Å². The molecule has 0 aliphatic rings. The van der Waals surface area contributed by atoms with Crippen LogP contribution in [-0.2, 0) is 20.6 Å². The summed E-state index contributed by atoms with van der Waals surface area (Å²) in [6.07, 6.45) is 1.41. The molecule has 0 aromatic heterocycles. The number of carbonyl (C=O) groups is 2. The highest BCUT2D eigenvalue weighted by Crippen LogP contribution is 2.38. The van der Waals surface area contributed by atoms with Gasteiger partial charge in [-0.1, -0.05) is 62.4 Å². The van der Waals surface area contributed by atoms with Crippen LogP contribution in [0.15, 0.2) is 60.7 Å². The van der Waals surface area contributed by atoms with Gasteiger partial charge in [-0.05, 0) is 42.9 Å². The molecule has 7 heteroatoms. The van der Waals surface area contributed by atoms with Gasteiger partial charge in [-0.25, -0.2) is 0 Å². The van der Waals surface area contributed by atoms with Crippen LogP contribution in [0, 0.1) is 11.8 Å². The predicted molar refractivity (Wildman–Crippen MR) is 125 cm³/mol. The van der Waals surface area contributed by atoms with Crippen LogP contribution in [0.3, 0.4) is 0 Å². The van der Waals surface area contributed by atoms with Gasteiger partial charge in [0.05, 0.1) is 0 Å². The number of carbonyl (C=O) groups excluding carboxylic acids is 2. The zero-order valence-electron chi connectivity index (χ0n) is 18.5. The van der Waals surface area contributed by atoms with Gasteiger partial charge in [0.15, 0.2) is 7.37 Å². The number of nitrogens with one attached hydrogen (secondary N) is 2. The molecule has 0 heterocycles. The number of amides is 2. The molecule has 31 heavy (non-hydrogen) atoms. The van der Waals surface area contributed by atoms with E-state index < -0.39 is 19.3 Å². The Balaban J connectivity index is 2.11. The molecule has 0 fully saturated rings. The average molecular weight is 445 g/mol. The summed E-state index contributed by atoms with van der Waals surface area (Å²) in [6, 6.07) is 18.1. The predicted octanol–water partition coefficient (Wildman–Crippen LogP) is 4.31. The van der Waals surface area contributed by atoms with Crippen LogP contribution < -0.4 is 10.6 Å². The maximum atomic E-state index is 13.1. The highest BCUT2D eigenvalue weighted by Gasteiger charge is 2.29. The van der Waals surface area contributed by atoms with E-state index in [4.69, 9.17) is 0 Å². The Morgan fingerprint density at radius 1 is 0.968 bits per heavy atom. The van der Waals surface area contributed by atoms with Gasteiger partial charge in [-0.2, -0.15) is 0 Å². The third-order valence-corrected chi connectivity index (χ3v) is 6.05. The summed E-state index contributed by atoms with van der Waals surface area (Å²) in [5.41, 5.74) is 1.72. The van der Waals surface area contributed by atoms with E-state index in [1.54, 1.807) is 12.1 Å². The second-order valence-electron chi connectivity index (χ2n) is 8.50. The topological polar surface area (TPSA) is 95.5 Å². The zero-order chi connectivity index (χ0) is 22.9. The smallest absolute Gasteiger partial charge is 0.246 e. The number of para-hydroxylation sites is 1. The van der Waals surface area contributed by atoms with E-state index in [0.717, 1.165) is 5.56 Å². The van der Waals surface area contributed by atoms with Gasteiger partial charge in [-0.3, -0.25) is 14.2 Å². The summed E-state index contributed by atoms with van der Waals surface area (Å²) in [6.45, 7) is 5.23. The first kappa shape index (κ1) is 24.8. The summed E-state index contributed by atoms with van der Waals surface area (Å²) in [5, 5.41) is 5.68. The number of anilines is 1. The van der Waals surface area contributed by atoms with E-state index in [2.05, 4.69) is 10.6 Å². The number of hydrogen-bond donors (Lipinski definition) is 3. The van der Waals surface area contributed by atoms with Crippen molar-refractivity contribution in [3.8, 4) is 0 Å². The van der Waals surface area contributed by atoms with E-state index in [1.807, 2.05) is 62.4 Å². The highest BCUT2D eigenvalue weighted by molar-refractivity contribution is 7.57. The Kier molecular flexibility index (Phi) is 9.47. The summed E-state index contributed by atoms with van der Waals surface area (Å²) < 4.78 is 12.1. The standard InChI is InChI=1S/C24H33N2O4P/c1-18(2)16-22(24(28)25-21-12-8-5-9-13-21)26-23(27)20(17-31(3,29)30)15-14-19-10-6-4-7-11-19/h4-13,18,20,22H,14-17H2,1-3H3,(H,25,28)(H,26,27)(H,29,30)/t20?,22-/m0/s1. The molecule has 2 amide bonds. The fraction of sp³-hybridized carbons (Fsp3) is 0.417. The first-order chi connectivity index (χ1) is 14.6. The van der Waals surface area contributed by atoms with Gasteiger partial charge >= 0.3 is 0 Å². The molecule has 2 rings (SSSR count). The van der Waals surface area contributed by atoms with Gasteiger partial charge in [0.2, 0.25) is 11.8 Å². The lowest BCUT2D eigenvalue weighted by atomic mass is 9.98. The maximum absolute atomic E-state index is 13.1. The summed E-state index contributed by atoms with van der Waals surface area (Å²) in [4.78, 5) is 35.8. The molecule has 2 aromatic rings. The minimum absolute atomic E-state index is 0.111. The molecule has 0 aliphatic carbocycles. The van der Waals surface area contributed by atoms with Crippen molar-refractivity contribution in [3.05, 3.63) is 66.2 Å². The molecule has 0 spiro atoms. The van der Waals surface area contributed by atoms with Gasteiger partial charge in [0.25, 0.3) is 0 Å². The number of aryl methyl sites for hydroxylation is 1. The van der Waals surface area contributed by atoms with Crippen LogP contribution in [-0.4, -0.2) is 35.6 Å². The van der Waals surface area contributed by atoms with Gasteiger partial charge in [0, 0.05) is 24.4 Å². The summed E-state index contributed by atoms with van der Waals surface area (Å²) >= 11 is 0. The Bertz CT molecular complexity index is 881. The third-order valence-electron chi connectivity index (χ3n) is 4.94. The van der Waals surface area contributed by atoms with Crippen molar-refractivity contribution in [2.24, 2.45) is 11.8 Å². The molecule has 3 N–H and O–H groups in total. The lowest BCUT2D eigenvalue weighted by Crippen LogP contribution is -2.47. The van der Waals surface area contributed by atoms with Crippen molar-refractivity contribution in [3.63, 3.8) is 0 Å². The average Bonchev–Trinajstić information content (AvgIpc) is 2.71. The molecule has 0 radical (unpaired) electrons. The lowest BCUT2D eigenvalue weighted by molar-refractivity contribution is -0.129. The minimum atomic E-state index is -3.41. The van der Waals surface area contributed by atoms with Crippen molar-refractivity contribution < 1.29 is 19.0 Å². The zero-order valence-corrected chi connectivity index (χ0v) is 19.3. The van der Waals surface area contributed by atoms with E-state index >= 15 is 0 Å². The van der Waals surface area contributed by atoms with Crippen LogP contribution in [0.1, 0.15) is 32.3 Å². The van der Waals surface area contributed by atoms with Gasteiger partial charge < -0.3 is 15.5 Å². The first-order valence-corrected chi connectivity index (χ1v) is 12.9. The Hall–Kier alpha value is -2.43. The molecule has 2 aromatic carbocycles. The van der Waals surface area contributed by atoms with Crippen molar-refractivity contribution in [1.82, 2.24) is 5.32 Å². The van der Waals surface area contributed by atoms with Gasteiger partial charge in [-0.15, -0.1) is 0 Å². The van der Waals surface area contributed by atoms with E-state index in [0.29, 0.717) is 24.9 Å². The molecular weight excluding hydrogens is 411 g/mol. The second kappa shape index (κ2) is 11.8. The number of benzene rings is 2. The Labute approximate surface area is 184 Å². The van der Waals surface area contributed by atoms with E-state index in [1.165, 1.54) is 6.66 Å². The summed E-state index contributed by atoms with van der Waals surface area (Å²) in [5.74, 6) is -1.12. The number of hydrogen-bond acceptors (Lipinski definition) is 3. The highest BCUT2D eigenvalue weighted by atomic mass is 31.2. The molecule has 3 atom stereocenters. The molecule has 0 saturated heterocycles. The third kappa shape index (κ3) is 9.50. The number of rotatable bonds is 11. The first-order valence-electron chi connectivity index (χ1n) is 10.6. The fourth-order valence-electron chi connectivity index (χ4n) is 3.44. The van der Waals surface area contributed by atoms with Crippen LogP contribution in [0.25, 0.3) is 0 Å². The van der Waals surface area contributed by atoms with Gasteiger partial charge in [0.1, 0.15) is 6.04 Å². The largest absolute Gasteiger partial charge is 0.344 e. The molecule has 6 nitrogen and oxygen atoms in total. The summed E-state index contributed by atoms with van der Waals surface area (Å²) in [7, 11) is -3.41. The van der Waals surface area contributed by atoms with E-state index in [-0.39, 0.29) is 23.9 Å². The quantitative estimate of drug-likeness (QED) is 0.450. The van der Waals surface area contributed by atoms with Crippen LogP contribution in [0.4, 0.5) is 5.69 Å². The molecular formula is C24H33N2O4P. The van der Waals surface area contributed by atoms with Crippen LogP contribution in [0.2, 0.25) is 0 Å². The van der Waals surface area contributed by atoms with Crippen molar-refractivity contribution in [2.45, 2.75) is 39.2 Å². The van der Waals surface area contributed by atoms with E-state index in [9.17, 15) is 19.0 Å². The molecule has 2 unspecified atom stereocenters. The van der Waals surface area contributed by atoms with Crippen molar-refractivity contribution in [2.75, 3.05) is 18.1 Å². The maximum Gasteiger partial charge on any atom is 0.246 e. The fourth-order valence-corrected chi connectivity index (χ4v) is 4.61. The molecule has 0 saturated carbocycles. The van der Waals surface area contributed by atoms with Crippen molar-refractivity contribution in [1.29, 1.82) is 0 Å². The normalized spacial score (nSPS) is 15.0. The van der Waals surface area contributed by atoms with Crippen LogP contribution in [0.5, 0.6) is 0 Å². The lowest BCUT2D eigenvalue weighted by Gasteiger charge is -2.24. The molecule has 0 aliphatic heterocycles. The molecule has 168 valence electrons. The SMILES string of the molecule is CC(C)C[C@H](NC(=O)C(CCc1ccccc1)CP(C)(=O)O)C(=O)Nc1ccccc1.